The van der Waals surface area contributed by atoms with E-state index < -0.39 is 0 Å². The Morgan fingerprint density at radius 2 is 2.23 bits per heavy atom. The summed E-state index contributed by atoms with van der Waals surface area (Å²) < 4.78 is 1.81. The first-order chi connectivity index (χ1) is 6.02. The van der Waals surface area contributed by atoms with Crippen molar-refractivity contribution in [2.45, 2.75) is 32.7 Å². The molecule has 1 unspecified atom stereocenters. The van der Waals surface area contributed by atoms with Crippen molar-refractivity contribution in [1.82, 2.24) is 15.0 Å². The molecule has 1 aliphatic carbocycles. The molecule has 0 aliphatic heterocycles. The van der Waals surface area contributed by atoms with Crippen molar-refractivity contribution in [3.05, 3.63) is 11.4 Å². The van der Waals surface area contributed by atoms with Crippen LogP contribution in [0.1, 0.15) is 37.7 Å². The van der Waals surface area contributed by atoms with Crippen LogP contribution in [0.3, 0.4) is 0 Å². The molecule has 0 saturated heterocycles. The van der Waals surface area contributed by atoms with E-state index in [-0.39, 0.29) is 11.5 Å². The first-order valence-electron chi connectivity index (χ1n) is 4.66. The highest BCUT2D eigenvalue weighted by atomic mass is 15.4. The number of aromatic nitrogens is 3. The van der Waals surface area contributed by atoms with Gasteiger partial charge in [-0.15, -0.1) is 5.10 Å². The van der Waals surface area contributed by atoms with Gasteiger partial charge in [0.2, 0.25) is 0 Å². The summed E-state index contributed by atoms with van der Waals surface area (Å²) in [6, 6.07) is 0.0660. The second kappa shape index (κ2) is 2.54. The maximum absolute atomic E-state index is 6.17. The zero-order valence-electron chi connectivity index (χ0n) is 8.41. The summed E-state index contributed by atoms with van der Waals surface area (Å²) >= 11 is 0. The molecule has 1 atom stereocenters. The fourth-order valence-electron chi connectivity index (χ4n) is 1.93. The van der Waals surface area contributed by atoms with E-state index >= 15 is 0 Å². The van der Waals surface area contributed by atoms with Crippen LogP contribution in [0.2, 0.25) is 0 Å². The van der Waals surface area contributed by atoms with Crippen LogP contribution in [-0.2, 0) is 13.5 Å². The molecule has 1 aliphatic rings. The van der Waals surface area contributed by atoms with Gasteiger partial charge in [0.05, 0.1) is 17.4 Å². The van der Waals surface area contributed by atoms with Gasteiger partial charge in [-0.3, -0.25) is 4.68 Å². The number of fused-ring (bicyclic) bond motifs is 1. The van der Waals surface area contributed by atoms with E-state index in [1.54, 1.807) is 4.68 Å². The molecule has 0 spiro atoms. The molecule has 2 rings (SSSR count). The molecule has 0 amide bonds. The minimum atomic E-state index is 0.0660. The summed E-state index contributed by atoms with van der Waals surface area (Å²) in [6.07, 6.45) is 2.10. The third-order valence-corrected chi connectivity index (χ3v) is 3.09. The van der Waals surface area contributed by atoms with Gasteiger partial charge in [0.1, 0.15) is 0 Å². The van der Waals surface area contributed by atoms with E-state index in [9.17, 15) is 0 Å². The number of aryl methyl sites for hydroxylation is 2. The second-order valence-corrected chi connectivity index (χ2v) is 4.51. The normalized spacial score (nSPS) is 25.7. The van der Waals surface area contributed by atoms with E-state index in [0.717, 1.165) is 24.2 Å². The largest absolute Gasteiger partial charge is 0.322 e. The van der Waals surface area contributed by atoms with Gasteiger partial charge < -0.3 is 5.73 Å². The molecule has 4 nitrogen and oxygen atoms in total. The van der Waals surface area contributed by atoms with E-state index in [2.05, 4.69) is 24.2 Å². The first-order valence-corrected chi connectivity index (χ1v) is 4.66. The summed E-state index contributed by atoms with van der Waals surface area (Å²) in [5.41, 5.74) is 8.52. The molecule has 0 bridgehead atoms. The minimum Gasteiger partial charge on any atom is -0.322 e. The Morgan fingerprint density at radius 1 is 1.54 bits per heavy atom. The highest BCUT2D eigenvalue weighted by Gasteiger charge is 2.36. The lowest BCUT2D eigenvalue weighted by Gasteiger charge is -2.35. The molecule has 0 saturated carbocycles. The van der Waals surface area contributed by atoms with Crippen LogP contribution in [0.25, 0.3) is 0 Å². The maximum atomic E-state index is 6.17. The van der Waals surface area contributed by atoms with Gasteiger partial charge in [-0.1, -0.05) is 19.1 Å². The van der Waals surface area contributed by atoms with Gasteiger partial charge in [0.15, 0.2) is 0 Å². The monoisotopic (exact) mass is 180 g/mol. The van der Waals surface area contributed by atoms with Gasteiger partial charge in [-0.05, 0) is 18.3 Å². The van der Waals surface area contributed by atoms with Gasteiger partial charge in [0.25, 0.3) is 0 Å². The number of hydrogen-bond acceptors (Lipinski definition) is 3. The van der Waals surface area contributed by atoms with E-state index in [1.807, 2.05) is 7.05 Å². The van der Waals surface area contributed by atoms with Crippen molar-refractivity contribution < 1.29 is 0 Å². The van der Waals surface area contributed by atoms with Crippen LogP contribution in [-0.4, -0.2) is 15.0 Å². The summed E-state index contributed by atoms with van der Waals surface area (Å²) in [4.78, 5) is 0. The topological polar surface area (TPSA) is 56.7 Å². The van der Waals surface area contributed by atoms with E-state index in [4.69, 9.17) is 5.73 Å². The molecule has 1 aromatic heterocycles. The van der Waals surface area contributed by atoms with Crippen LogP contribution in [0.15, 0.2) is 0 Å². The van der Waals surface area contributed by atoms with Crippen molar-refractivity contribution >= 4 is 0 Å². The van der Waals surface area contributed by atoms with Gasteiger partial charge in [-0.25, -0.2) is 0 Å². The minimum absolute atomic E-state index is 0.0660. The van der Waals surface area contributed by atoms with Gasteiger partial charge >= 0.3 is 0 Å². The molecule has 1 heterocycles. The quantitative estimate of drug-likeness (QED) is 0.642. The van der Waals surface area contributed by atoms with E-state index in [0.29, 0.717) is 0 Å². The van der Waals surface area contributed by atoms with Crippen molar-refractivity contribution in [2.75, 3.05) is 0 Å². The Labute approximate surface area is 78.1 Å². The lowest BCUT2D eigenvalue weighted by atomic mass is 9.74. The second-order valence-electron chi connectivity index (χ2n) is 4.51. The Morgan fingerprint density at radius 3 is 2.92 bits per heavy atom. The highest BCUT2D eigenvalue weighted by molar-refractivity contribution is 5.21. The summed E-state index contributed by atoms with van der Waals surface area (Å²) in [6.45, 7) is 4.40. The van der Waals surface area contributed by atoms with Gasteiger partial charge in [0, 0.05) is 7.05 Å². The van der Waals surface area contributed by atoms with Crippen LogP contribution >= 0.6 is 0 Å². The smallest absolute Gasteiger partial charge is 0.0875 e. The molecule has 13 heavy (non-hydrogen) atoms. The fraction of sp³-hybridized carbons (Fsp3) is 0.778. The van der Waals surface area contributed by atoms with Crippen LogP contribution in [0, 0.1) is 5.41 Å². The van der Waals surface area contributed by atoms with Crippen molar-refractivity contribution in [3.8, 4) is 0 Å². The molecule has 1 aromatic rings. The maximum Gasteiger partial charge on any atom is 0.0875 e. The van der Waals surface area contributed by atoms with Crippen LogP contribution < -0.4 is 5.73 Å². The summed E-state index contributed by atoms with van der Waals surface area (Å²) in [5, 5.41) is 8.11. The molecular weight excluding hydrogens is 164 g/mol. The molecular formula is C9H16N4. The number of nitrogens with two attached hydrogens (primary N) is 1. The highest BCUT2D eigenvalue weighted by Crippen LogP contribution is 2.40. The number of rotatable bonds is 0. The van der Waals surface area contributed by atoms with Crippen molar-refractivity contribution in [2.24, 2.45) is 18.2 Å². The predicted molar refractivity (Wildman–Crippen MR) is 50.0 cm³/mol. The molecule has 0 radical (unpaired) electrons. The Balaban J connectivity index is 2.49. The number of nitrogens with zero attached hydrogens (tertiary/aromatic N) is 3. The van der Waals surface area contributed by atoms with Crippen LogP contribution in [0.4, 0.5) is 0 Å². The lowest BCUT2D eigenvalue weighted by Crippen LogP contribution is -2.35. The van der Waals surface area contributed by atoms with Gasteiger partial charge in [-0.2, -0.15) is 0 Å². The molecule has 2 N–H and O–H groups in total. The Hall–Kier alpha value is -0.900. The molecule has 0 fully saturated rings. The number of hydrogen-bond donors (Lipinski definition) is 1. The average molecular weight is 180 g/mol. The third kappa shape index (κ3) is 1.16. The first kappa shape index (κ1) is 8.69. The lowest BCUT2D eigenvalue weighted by molar-refractivity contribution is 0.239. The zero-order valence-corrected chi connectivity index (χ0v) is 8.41. The summed E-state index contributed by atoms with van der Waals surface area (Å²) in [7, 11) is 1.91. The van der Waals surface area contributed by atoms with Crippen molar-refractivity contribution in [1.29, 1.82) is 0 Å². The zero-order chi connectivity index (χ0) is 9.64. The Bertz CT molecular complexity index is 326. The molecule has 0 aromatic carbocycles. The fourth-order valence-corrected chi connectivity index (χ4v) is 1.93. The SMILES string of the molecule is Cn1nnc2c1C(N)C(C)(C)CC2. The van der Waals surface area contributed by atoms with E-state index in [1.165, 1.54) is 0 Å². The predicted octanol–water partition coefficient (Wildman–Crippen LogP) is 0.787. The average Bonchev–Trinajstić information content (AvgIpc) is 2.41. The molecule has 4 heteroatoms. The third-order valence-electron chi connectivity index (χ3n) is 3.09. The summed E-state index contributed by atoms with van der Waals surface area (Å²) in [5.74, 6) is 0. The Kier molecular flexibility index (Phi) is 1.70. The standard InChI is InChI=1S/C9H16N4/c1-9(2)5-4-6-7(8(9)10)13(3)12-11-6/h8H,4-5,10H2,1-3H3. The van der Waals surface area contributed by atoms with Crippen molar-refractivity contribution in [3.63, 3.8) is 0 Å². The molecule has 72 valence electrons. The van der Waals surface area contributed by atoms with Crippen LogP contribution in [0.5, 0.6) is 0 Å².